The molecule has 1 heterocycles. The zero-order chi connectivity index (χ0) is 10.9. The highest BCUT2D eigenvalue weighted by Crippen LogP contribution is 2.48. The van der Waals surface area contributed by atoms with Crippen molar-refractivity contribution in [3.8, 4) is 0 Å². The number of nitrogens with one attached hydrogen (secondary N) is 1. The molecule has 0 aromatic rings. The SMILES string of the molecule is C=CS(=O)(=O)NC1CCC12CCOCC2. The fourth-order valence-corrected chi connectivity index (χ4v) is 3.36. The first-order valence-electron chi connectivity index (χ1n) is 5.31. The van der Waals surface area contributed by atoms with Crippen molar-refractivity contribution in [1.82, 2.24) is 4.72 Å². The summed E-state index contributed by atoms with van der Waals surface area (Å²) in [6.07, 6.45) is 3.99. The van der Waals surface area contributed by atoms with Crippen LogP contribution in [-0.4, -0.2) is 27.7 Å². The topological polar surface area (TPSA) is 55.4 Å². The number of rotatable bonds is 3. The third kappa shape index (κ3) is 2.09. The fourth-order valence-electron chi connectivity index (χ4n) is 2.50. The second-order valence-electron chi connectivity index (χ2n) is 4.40. The zero-order valence-corrected chi connectivity index (χ0v) is 9.55. The Morgan fingerprint density at radius 2 is 2.00 bits per heavy atom. The standard InChI is InChI=1S/C10H17NO3S/c1-2-15(12,13)11-9-3-4-10(9)5-7-14-8-6-10/h2,9,11H,1,3-8H2. The minimum atomic E-state index is -3.28. The molecule has 1 saturated heterocycles. The maximum atomic E-state index is 11.4. The Balaban J connectivity index is 2.02. The summed E-state index contributed by atoms with van der Waals surface area (Å²) in [6, 6.07) is 0.0874. The second-order valence-corrected chi connectivity index (χ2v) is 6.05. The van der Waals surface area contributed by atoms with E-state index in [1.807, 2.05) is 0 Å². The van der Waals surface area contributed by atoms with Crippen molar-refractivity contribution in [2.45, 2.75) is 31.7 Å². The van der Waals surface area contributed by atoms with Crippen molar-refractivity contribution >= 4 is 10.0 Å². The zero-order valence-electron chi connectivity index (χ0n) is 8.74. The van der Waals surface area contributed by atoms with E-state index in [9.17, 15) is 8.42 Å². The lowest BCUT2D eigenvalue weighted by Crippen LogP contribution is -2.56. The summed E-state index contributed by atoms with van der Waals surface area (Å²) < 4.78 is 30.7. The van der Waals surface area contributed by atoms with Crippen LogP contribution in [0.1, 0.15) is 25.7 Å². The predicted octanol–water partition coefficient (Wildman–Crippen LogP) is 1.01. The molecule has 5 heteroatoms. The van der Waals surface area contributed by atoms with Gasteiger partial charge in [0.25, 0.3) is 0 Å². The van der Waals surface area contributed by atoms with Gasteiger partial charge in [-0.2, -0.15) is 0 Å². The van der Waals surface area contributed by atoms with Crippen LogP contribution in [0.4, 0.5) is 0 Å². The number of hydrogen-bond acceptors (Lipinski definition) is 3. The second kappa shape index (κ2) is 3.88. The van der Waals surface area contributed by atoms with E-state index in [4.69, 9.17) is 4.74 Å². The van der Waals surface area contributed by atoms with Gasteiger partial charge in [-0.25, -0.2) is 13.1 Å². The van der Waals surface area contributed by atoms with Gasteiger partial charge in [0.2, 0.25) is 10.0 Å². The lowest BCUT2D eigenvalue weighted by Gasteiger charge is -2.51. The smallest absolute Gasteiger partial charge is 0.233 e. The summed E-state index contributed by atoms with van der Waals surface area (Å²) >= 11 is 0. The highest BCUT2D eigenvalue weighted by molar-refractivity contribution is 7.92. The molecular formula is C10H17NO3S. The van der Waals surface area contributed by atoms with Crippen molar-refractivity contribution in [3.63, 3.8) is 0 Å². The van der Waals surface area contributed by atoms with Crippen LogP contribution < -0.4 is 4.72 Å². The van der Waals surface area contributed by atoms with E-state index in [-0.39, 0.29) is 11.5 Å². The lowest BCUT2D eigenvalue weighted by molar-refractivity contribution is -0.0482. The van der Waals surface area contributed by atoms with E-state index in [0.29, 0.717) is 0 Å². The molecule has 0 amide bonds. The molecule has 1 N–H and O–H groups in total. The summed E-state index contributed by atoms with van der Waals surface area (Å²) in [7, 11) is -3.28. The quantitative estimate of drug-likeness (QED) is 0.788. The highest BCUT2D eigenvalue weighted by atomic mass is 32.2. The molecule has 4 nitrogen and oxygen atoms in total. The van der Waals surface area contributed by atoms with Gasteiger partial charge in [-0.1, -0.05) is 6.58 Å². The van der Waals surface area contributed by atoms with Gasteiger partial charge in [-0.05, 0) is 31.1 Å². The van der Waals surface area contributed by atoms with Crippen LogP contribution in [0.2, 0.25) is 0 Å². The first kappa shape index (κ1) is 11.1. The molecule has 1 aliphatic carbocycles. The normalized spacial score (nSPS) is 29.7. The van der Waals surface area contributed by atoms with E-state index in [2.05, 4.69) is 11.3 Å². The summed E-state index contributed by atoms with van der Waals surface area (Å²) in [4.78, 5) is 0. The van der Waals surface area contributed by atoms with Crippen LogP contribution in [0.5, 0.6) is 0 Å². The first-order chi connectivity index (χ1) is 7.08. The van der Waals surface area contributed by atoms with Crippen LogP contribution in [-0.2, 0) is 14.8 Å². The Bertz CT molecular complexity index is 344. The Morgan fingerprint density at radius 3 is 2.47 bits per heavy atom. The molecule has 1 saturated carbocycles. The van der Waals surface area contributed by atoms with Crippen molar-refractivity contribution in [3.05, 3.63) is 12.0 Å². The van der Waals surface area contributed by atoms with Crippen LogP contribution in [0.3, 0.4) is 0 Å². The molecule has 2 rings (SSSR count). The van der Waals surface area contributed by atoms with E-state index >= 15 is 0 Å². The van der Waals surface area contributed by atoms with Gasteiger partial charge in [0.1, 0.15) is 0 Å². The van der Waals surface area contributed by atoms with E-state index in [1.54, 1.807) is 0 Å². The van der Waals surface area contributed by atoms with Gasteiger partial charge in [-0.3, -0.25) is 0 Å². The Labute approximate surface area is 90.7 Å². The predicted molar refractivity (Wildman–Crippen MR) is 57.8 cm³/mol. The average Bonchev–Trinajstić information content (AvgIpc) is 2.26. The van der Waals surface area contributed by atoms with Gasteiger partial charge in [0, 0.05) is 24.7 Å². The lowest BCUT2D eigenvalue weighted by atomic mass is 9.60. The Morgan fingerprint density at radius 1 is 1.33 bits per heavy atom. The molecule has 1 aliphatic heterocycles. The van der Waals surface area contributed by atoms with Crippen LogP contribution in [0, 0.1) is 5.41 Å². The van der Waals surface area contributed by atoms with Crippen molar-refractivity contribution in [1.29, 1.82) is 0 Å². The molecule has 15 heavy (non-hydrogen) atoms. The van der Waals surface area contributed by atoms with E-state index in [1.165, 1.54) is 0 Å². The number of sulfonamides is 1. The van der Waals surface area contributed by atoms with Crippen LogP contribution in [0.25, 0.3) is 0 Å². The number of ether oxygens (including phenoxy) is 1. The van der Waals surface area contributed by atoms with Crippen molar-refractivity contribution in [2.24, 2.45) is 5.41 Å². The molecule has 1 atom stereocenters. The third-order valence-corrected chi connectivity index (χ3v) is 4.74. The largest absolute Gasteiger partial charge is 0.381 e. The van der Waals surface area contributed by atoms with Gasteiger partial charge < -0.3 is 4.74 Å². The van der Waals surface area contributed by atoms with Crippen LogP contribution >= 0.6 is 0 Å². The average molecular weight is 231 g/mol. The van der Waals surface area contributed by atoms with E-state index in [0.717, 1.165) is 44.3 Å². The third-order valence-electron chi connectivity index (χ3n) is 3.68. The summed E-state index contributed by atoms with van der Waals surface area (Å²) in [5.74, 6) is 0. The monoisotopic (exact) mass is 231 g/mol. The van der Waals surface area contributed by atoms with Gasteiger partial charge in [0.05, 0.1) is 0 Å². The summed E-state index contributed by atoms with van der Waals surface area (Å²) in [5, 5.41) is 0.984. The maximum absolute atomic E-state index is 11.4. The van der Waals surface area contributed by atoms with Gasteiger partial charge >= 0.3 is 0 Å². The molecule has 2 fully saturated rings. The Kier molecular flexibility index (Phi) is 2.87. The van der Waals surface area contributed by atoms with Crippen molar-refractivity contribution in [2.75, 3.05) is 13.2 Å². The van der Waals surface area contributed by atoms with Crippen LogP contribution in [0.15, 0.2) is 12.0 Å². The molecule has 86 valence electrons. The summed E-state index contributed by atoms with van der Waals surface area (Å²) in [5.41, 5.74) is 0.161. The molecule has 0 bridgehead atoms. The molecule has 0 aromatic heterocycles. The molecule has 1 unspecified atom stereocenters. The molecule has 0 aromatic carbocycles. The minimum Gasteiger partial charge on any atom is -0.381 e. The fraction of sp³-hybridized carbons (Fsp3) is 0.800. The van der Waals surface area contributed by atoms with E-state index < -0.39 is 10.0 Å². The van der Waals surface area contributed by atoms with Gasteiger partial charge in [-0.15, -0.1) is 0 Å². The molecule has 2 aliphatic rings. The number of hydrogen-bond donors (Lipinski definition) is 1. The summed E-state index contributed by atoms with van der Waals surface area (Å²) in [6.45, 7) is 4.81. The maximum Gasteiger partial charge on any atom is 0.233 e. The molecule has 1 spiro atoms. The Hall–Kier alpha value is -0.390. The molecular weight excluding hydrogens is 214 g/mol. The van der Waals surface area contributed by atoms with Crippen molar-refractivity contribution < 1.29 is 13.2 Å². The first-order valence-corrected chi connectivity index (χ1v) is 6.85. The molecule has 0 radical (unpaired) electrons. The van der Waals surface area contributed by atoms with Gasteiger partial charge in [0.15, 0.2) is 0 Å². The minimum absolute atomic E-state index is 0.0874. The highest BCUT2D eigenvalue weighted by Gasteiger charge is 2.48.